The highest BCUT2D eigenvalue weighted by Crippen LogP contribution is 2.24. The van der Waals surface area contributed by atoms with Crippen molar-refractivity contribution in [2.24, 2.45) is 0 Å². The average molecular weight is 631 g/mol. The van der Waals surface area contributed by atoms with E-state index in [0.29, 0.717) is 6.17 Å². The number of hydrogen-bond donors (Lipinski definition) is 0. The number of rotatable bonds is 37. The first-order valence-electron chi connectivity index (χ1n) is 21.5. The Kier molecular flexibility index (Phi) is 32.6. The molecule has 0 aromatic rings. The molecule has 45 heavy (non-hydrogen) atoms. The molecule has 1 heterocycles. The molecule has 0 radical (unpaired) electrons. The first kappa shape index (κ1) is 42.4. The molecule has 1 aliphatic rings. The summed E-state index contributed by atoms with van der Waals surface area (Å²) in [5, 5.41) is 0. The Labute approximate surface area is 286 Å². The van der Waals surface area contributed by atoms with Gasteiger partial charge in [-0.25, -0.2) is 0 Å². The zero-order valence-corrected chi connectivity index (χ0v) is 31.8. The SMILES string of the molecule is CCCCCCCCCCCCCCCCCCCN1C=CN(CCCCCCCC)C1CCCCCCCCCCCCC. The molecule has 0 spiro atoms. The number of hydrogen-bond acceptors (Lipinski definition) is 2. The summed E-state index contributed by atoms with van der Waals surface area (Å²) < 4.78 is 0. The Balaban J connectivity index is 2.12. The third-order valence-electron chi connectivity index (χ3n) is 10.6. The van der Waals surface area contributed by atoms with Crippen molar-refractivity contribution in [1.82, 2.24) is 9.80 Å². The van der Waals surface area contributed by atoms with Gasteiger partial charge in [0, 0.05) is 25.5 Å². The lowest BCUT2D eigenvalue weighted by atomic mass is 10.0. The quantitative estimate of drug-likeness (QED) is 0.0630. The maximum Gasteiger partial charge on any atom is 0.101 e. The summed E-state index contributed by atoms with van der Waals surface area (Å²) in [7, 11) is 0. The largest absolute Gasteiger partial charge is 0.356 e. The second kappa shape index (κ2) is 34.7. The zero-order chi connectivity index (χ0) is 32.3. The molecule has 0 amide bonds. The van der Waals surface area contributed by atoms with Crippen LogP contribution in [0.2, 0.25) is 0 Å². The third-order valence-corrected chi connectivity index (χ3v) is 10.6. The van der Waals surface area contributed by atoms with E-state index in [-0.39, 0.29) is 0 Å². The van der Waals surface area contributed by atoms with E-state index < -0.39 is 0 Å². The van der Waals surface area contributed by atoms with Crippen LogP contribution >= 0.6 is 0 Å². The van der Waals surface area contributed by atoms with Crippen LogP contribution in [0.3, 0.4) is 0 Å². The van der Waals surface area contributed by atoms with Crippen molar-refractivity contribution in [3.63, 3.8) is 0 Å². The monoisotopic (exact) mass is 631 g/mol. The number of nitrogens with zero attached hydrogens (tertiary/aromatic N) is 2. The molecular weight excluding hydrogens is 544 g/mol. The van der Waals surface area contributed by atoms with Gasteiger partial charge >= 0.3 is 0 Å². The minimum absolute atomic E-state index is 0.639. The molecule has 1 aliphatic heterocycles. The van der Waals surface area contributed by atoms with Gasteiger partial charge in [-0.3, -0.25) is 0 Å². The molecule has 268 valence electrons. The van der Waals surface area contributed by atoms with Crippen molar-refractivity contribution >= 4 is 0 Å². The molecule has 0 aliphatic carbocycles. The van der Waals surface area contributed by atoms with Crippen LogP contribution < -0.4 is 0 Å². The van der Waals surface area contributed by atoms with Crippen molar-refractivity contribution < 1.29 is 0 Å². The summed E-state index contributed by atoms with van der Waals surface area (Å²) in [6.07, 6.45) is 55.9. The molecule has 2 heteroatoms. The molecular formula is C43H86N2. The van der Waals surface area contributed by atoms with Gasteiger partial charge in [0.1, 0.15) is 6.17 Å². The highest BCUT2D eigenvalue weighted by Gasteiger charge is 2.24. The van der Waals surface area contributed by atoms with Gasteiger partial charge in [-0.1, -0.05) is 220 Å². The van der Waals surface area contributed by atoms with Crippen LogP contribution in [0.4, 0.5) is 0 Å². The van der Waals surface area contributed by atoms with Gasteiger partial charge in [-0.2, -0.15) is 0 Å². The van der Waals surface area contributed by atoms with Crippen LogP contribution in [0.1, 0.15) is 245 Å². The second-order valence-electron chi connectivity index (χ2n) is 15.0. The highest BCUT2D eigenvalue weighted by atomic mass is 15.4. The van der Waals surface area contributed by atoms with Crippen molar-refractivity contribution in [1.29, 1.82) is 0 Å². The third kappa shape index (κ3) is 27.0. The zero-order valence-electron chi connectivity index (χ0n) is 31.8. The Hall–Kier alpha value is -0.660. The fraction of sp³-hybridized carbons (Fsp3) is 0.953. The standard InChI is InChI=1S/C43H86N2/c1-4-7-10-13-16-18-20-21-22-23-24-25-27-29-31-34-37-40-45-42-41-44(39-36-33-15-12-9-6-3)43(45)38-35-32-30-28-26-19-17-14-11-8-5-2/h41-43H,4-40H2,1-3H3. The van der Waals surface area contributed by atoms with Gasteiger partial charge in [0.2, 0.25) is 0 Å². The minimum atomic E-state index is 0.639. The van der Waals surface area contributed by atoms with Gasteiger partial charge < -0.3 is 9.80 Å². The van der Waals surface area contributed by atoms with Gasteiger partial charge in [-0.05, 0) is 25.7 Å². The Bertz CT molecular complexity index is 586. The van der Waals surface area contributed by atoms with Crippen LogP contribution in [-0.4, -0.2) is 29.1 Å². The van der Waals surface area contributed by atoms with Crippen molar-refractivity contribution in [2.75, 3.05) is 13.1 Å². The molecule has 0 saturated heterocycles. The smallest absolute Gasteiger partial charge is 0.101 e. The van der Waals surface area contributed by atoms with E-state index in [0.717, 1.165) is 0 Å². The van der Waals surface area contributed by atoms with Gasteiger partial charge in [0.15, 0.2) is 0 Å². The van der Waals surface area contributed by atoms with Crippen molar-refractivity contribution in [3.8, 4) is 0 Å². The second-order valence-corrected chi connectivity index (χ2v) is 15.0. The van der Waals surface area contributed by atoms with E-state index in [2.05, 4.69) is 43.0 Å². The van der Waals surface area contributed by atoms with E-state index in [1.807, 2.05) is 0 Å². The molecule has 1 rings (SSSR count). The predicted octanol–water partition coefficient (Wildman–Crippen LogP) is 15.1. The van der Waals surface area contributed by atoms with Gasteiger partial charge in [-0.15, -0.1) is 0 Å². The van der Waals surface area contributed by atoms with E-state index in [1.165, 1.54) is 238 Å². The molecule has 0 bridgehead atoms. The molecule has 0 aromatic carbocycles. The summed E-state index contributed by atoms with van der Waals surface area (Å²) in [6, 6.07) is 0. The Morgan fingerprint density at radius 1 is 0.289 bits per heavy atom. The topological polar surface area (TPSA) is 6.48 Å². The molecule has 0 saturated carbocycles. The molecule has 0 N–H and O–H groups in total. The minimum Gasteiger partial charge on any atom is -0.356 e. The predicted molar refractivity (Wildman–Crippen MR) is 205 cm³/mol. The molecule has 1 atom stereocenters. The fourth-order valence-electron chi connectivity index (χ4n) is 7.42. The van der Waals surface area contributed by atoms with Crippen LogP contribution in [0.15, 0.2) is 12.4 Å². The summed E-state index contributed by atoms with van der Waals surface area (Å²) in [5.41, 5.74) is 0. The van der Waals surface area contributed by atoms with E-state index >= 15 is 0 Å². The summed E-state index contributed by atoms with van der Waals surface area (Å²) in [6.45, 7) is 9.48. The summed E-state index contributed by atoms with van der Waals surface area (Å²) in [5.74, 6) is 0. The lowest BCUT2D eigenvalue weighted by Gasteiger charge is -2.33. The molecule has 1 unspecified atom stereocenters. The Morgan fingerprint density at radius 3 is 0.778 bits per heavy atom. The fourth-order valence-corrected chi connectivity index (χ4v) is 7.42. The molecule has 0 aromatic heterocycles. The van der Waals surface area contributed by atoms with E-state index in [1.54, 1.807) is 0 Å². The van der Waals surface area contributed by atoms with Crippen LogP contribution in [0.25, 0.3) is 0 Å². The lowest BCUT2D eigenvalue weighted by molar-refractivity contribution is 0.135. The number of unbranched alkanes of at least 4 members (excludes halogenated alkanes) is 31. The normalized spacial score (nSPS) is 14.8. The van der Waals surface area contributed by atoms with Gasteiger partial charge in [0.25, 0.3) is 0 Å². The highest BCUT2D eigenvalue weighted by molar-refractivity contribution is 4.97. The van der Waals surface area contributed by atoms with Crippen molar-refractivity contribution in [2.45, 2.75) is 252 Å². The van der Waals surface area contributed by atoms with Crippen LogP contribution in [-0.2, 0) is 0 Å². The summed E-state index contributed by atoms with van der Waals surface area (Å²) in [4.78, 5) is 5.43. The Morgan fingerprint density at radius 2 is 0.511 bits per heavy atom. The maximum atomic E-state index is 2.72. The van der Waals surface area contributed by atoms with Crippen LogP contribution in [0, 0.1) is 0 Å². The average Bonchev–Trinajstić information content (AvgIpc) is 3.43. The van der Waals surface area contributed by atoms with Crippen LogP contribution in [0.5, 0.6) is 0 Å². The summed E-state index contributed by atoms with van der Waals surface area (Å²) >= 11 is 0. The lowest BCUT2D eigenvalue weighted by Crippen LogP contribution is -2.39. The van der Waals surface area contributed by atoms with E-state index in [9.17, 15) is 0 Å². The first-order chi connectivity index (χ1) is 22.3. The van der Waals surface area contributed by atoms with Crippen molar-refractivity contribution in [3.05, 3.63) is 12.4 Å². The van der Waals surface area contributed by atoms with E-state index in [4.69, 9.17) is 0 Å². The molecule has 2 nitrogen and oxygen atoms in total. The maximum absolute atomic E-state index is 2.72. The van der Waals surface area contributed by atoms with Gasteiger partial charge in [0.05, 0.1) is 0 Å². The first-order valence-corrected chi connectivity index (χ1v) is 21.5. The molecule has 0 fully saturated rings.